The van der Waals surface area contributed by atoms with Crippen LogP contribution in [-0.4, -0.2) is 42.1 Å². The number of nitrogens with two attached hydrogens (primary N) is 1. The van der Waals surface area contributed by atoms with E-state index in [0.29, 0.717) is 18.3 Å². The summed E-state index contributed by atoms with van der Waals surface area (Å²) >= 11 is 0. The molecule has 0 aromatic rings. The summed E-state index contributed by atoms with van der Waals surface area (Å²) in [4.78, 5) is 2.49. The van der Waals surface area contributed by atoms with Gasteiger partial charge >= 0.3 is 0 Å². The summed E-state index contributed by atoms with van der Waals surface area (Å²) in [6.45, 7) is 5.08. The van der Waals surface area contributed by atoms with E-state index in [0.717, 1.165) is 26.1 Å². The van der Waals surface area contributed by atoms with Crippen molar-refractivity contribution in [3.05, 3.63) is 0 Å². The summed E-state index contributed by atoms with van der Waals surface area (Å²) < 4.78 is 6.08. The van der Waals surface area contributed by atoms with Crippen molar-refractivity contribution in [2.24, 2.45) is 5.73 Å². The molecule has 4 nitrogen and oxygen atoms in total. The Kier molecular flexibility index (Phi) is 4.62. The normalized spacial score (nSPS) is 26.9. The highest BCUT2D eigenvalue weighted by Gasteiger charge is 2.41. The van der Waals surface area contributed by atoms with Gasteiger partial charge in [0.2, 0.25) is 0 Å². The highest BCUT2D eigenvalue weighted by Crippen LogP contribution is 2.41. The first-order valence-electron chi connectivity index (χ1n) is 7.36. The standard InChI is InChI=1S/C14H27N3O/c1-2-17(9-5-13(15)16)12-6-10-18-14(11-12)7-3-4-8-14/h12H,2-11H2,1H3,(H3,15,16). The largest absolute Gasteiger partial charge is 0.388 e. The predicted octanol–water partition coefficient (Wildman–Crippen LogP) is 2.13. The van der Waals surface area contributed by atoms with Gasteiger partial charge in [0.25, 0.3) is 0 Å². The molecule has 4 heteroatoms. The Balaban J connectivity index is 1.91. The van der Waals surface area contributed by atoms with Crippen LogP contribution in [0.4, 0.5) is 0 Å². The second-order valence-electron chi connectivity index (χ2n) is 5.79. The molecule has 1 saturated carbocycles. The number of nitrogens with one attached hydrogen (secondary N) is 1. The van der Waals surface area contributed by atoms with Crippen molar-refractivity contribution >= 4 is 5.84 Å². The molecular formula is C14H27N3O. The first-order chi connectivity index (χ1) is 8.65. The van der Waals surface area contributed by atoms with Crippen LogP contribution in [-0.2, 0) is 4.74 Å². The summed E-state index contributed by atoms with van der Waals surface area (Å²) in [5.74, 6) is 0.302. The highest BCUT2D eigenvalue weighted by molar-refractivity contribution is 5.76. The van der Waals surface area contributed by atoms with Gasteiger partial charge in [-0.1, -0.05) is 19.8 Å². The molecule has 1 spiro atoms. The lowest BCUT2D eigenvalue weighted by atomic mass is 9.88. The molecule has 0 aromatic heterocycles. The van der Waals surface area contributed by atoms with E-state index in [1.165, 1.54) is 32.1 Å². The Morgan fingerprint density at radius 1 is 1.44 bits per heavy atom. The number of hydrogen-bond acceptors (Lipinski definition) is 3. The van der Waals surface area contributed by atoms with E-state index in [1.807, 2.05) is 0 Å². The van der Waals surface area contributed by atoms with Gasteiger partial charge in [-0.3, -0.25) is 5.41 Å². The SMILES string of the molecule is CCN(CCC(=N)N)C1CCOC2(CCCC2)C1. The molecule has 18 heavy (non-hydrogen) atoms. The molecule has 2 fully saturated rings. The van der Waals surface area contributed by atoms with E-state index >= 15 is 0 Å². The van der Waals surface area contributed by atoms with Gasteiger partial charge in [0.15, 0.2) is 0 Å². The van der Waals surface area contributed by atoms with Crippen LogP contribution in [0.25, 0.3) is 0 Å². The smallest absolute Gasteiger partial charge is 0.0918 e. The van der Waals surface area contributed by atoms with Crippen LogP contribution in [0.3, 0.4) is 0 Å². The van der Waals surface area contributed by atoms with Crippen LogP contribution < -0.4 is 5.73 Å². The molecule has 1 aliphatic carbocycles. The van der Waals surface area contributed by atoms with E-state index in [-0.39, 0.29) is 5.60 Å². The van der Waals surface area contributed by atoms with Crippen molar-refractivity contribution in [1.82, 2.24) is 4.90 Å². The molecule has 1 saturated heterocycles. The minimum absolute atomic E-state index is 0.187. The molecule has 3 N–H and O–H groups in total. The lowest BCUT2D eigenvalue weighted by Gasteiger charge is -2.42. The maximum absolute atomic E-state index is 7.36. The third-order valence-electron chi connectivity index (χ3n) is 4.57. The fraction of sp³-hybridized carbons (Fsp3) is 0.929. The number of amidine groups is 1. The zero-order valence-electron chi connectivity index (χ0n) is 11.6. The molecule has 1 unspecified atom stereocenters. The average molecular weight is 253 g/mol. The number of ether oxygens (including phenoxy) is 1. The zero-order chi connectivity index (χ0) is 13.0. The van der Waals surface area contributed by atoms with Crippen molar-refractivity contribution in [2.75, 3.05) is 19.7 Å². The summed E-state index contributed by atoms with van der Waals surface area (Å²) in [5, 5.41) is 7.36. The molecule has 1 heterocycles. The van der Waals surface area contributed by atoms with E-state index in [1.54, 1.807) is 0 Å². The molecule has 1 atom stereocenters. The summed E-state index contributed by atoms with van der Waals surface area (Å²) in [6.07, 6.45) is 8.14. The highest BCUT2D eigenvalue weighted by atomic mass is 16.5. The molecule has 0 aromatic carbocycles. The first kappa shape index (κ1) is 13.8. The minimum atomic E-state index is 0.187. The van der Waals surface area contributed by atoms with E-state index in [9.17, 15) is 0 Å². The van der Waals surface area contributed by atoms with Crippen LogP contribution >= 0.6 is 0 Å². The van der Waals surface area contributed by atoms with Gasteiger partial charge in [0.05, 0.1) is 11.4 Å². The van der Waals surface area contributed by atoms with E-state index in [2.05, 4.69) is 11.8 Å². The first-order valence-corrected chi connectivity index (χ1v) is 7.36. The Bertz CT molecular complexity index is 287. The van der Waals surface area contributed by atoms with Crippen LogP contribution in [0, 0.1) is 5.41 Å². The van der Waals surface area contributed by atoms with E-state index < -0.39 is 0 Å². The second kappa shape index (κ2) is 6.02. The number of hydrogen-bond donors (Lipinski definition) is 2. The molecular weight excluding hydrogens is 226 g/mol. The third-order valence-corrected chi connectivity index (χ3v) is 4.57. The van der Waals surface area contributed by atoms with E-state index in [4.69, 9.17) is 15.9 Å². The van der Waals surface area contributed by atoms with Crippen molar-refractivity contribution in [3.8, 4) is 0 Å². The van der Waals surface area contributed by atoms with Gasteiger partial charge in [0, 0.05) is 25.6 Å². The average Bonchev–Trinajstić information content (AvgIpc) is 2.78. The summed E-state index contributed by atoms with van der Waals surface area (Å²) in [7, 11) is 0. The third kappa shape index (κ3) is 3.23. The lowest BCUT2D eigenvalue weighted by molar-refractivity contribution is -0.101. The van der Waals surface area contributed by atoms with Crippen molar-refractivity contribution in [2.45, 2.75) is 63.5 Å². The lowest BCUT2D eigenvalue weighted by Crippen LogP contribution is -2.48. The quantitative estimate of drug-likeness (QED) is 0.583. The van der Waals surface area contributed by atoms with Crippen LogP contribution in [0.15, 0.2) is 0 Å². The molecule has 2 aliphatic rings. The van der Waals surface area contributed by atoms with Crippen molar-refractivity contribution < 1.29 is 4.74 Å². The van der Waals surface area contributed by atoms with Crippen LogP contribution in [0.5, 0.6) is 0 Å². The van der Waals surface area contributed by atoms with Gasteiger partial charge in [-0.15, -0.1) is 0 Å². The molecule has 0 bridgehead atoms. The Labute approximate surface area is 110 Å². The van der Waals surface area contributed by atoms with Gasteiger partial charge in [-0.05, 0) is 32.2 Å². The zero-order valence-corrected chi connectivity index (χ0v) is 11.6. The maximum Gasteiger partial charge on any atom is 0.0918 e. The fourth-order valence-electron chi connectivity index (χ4n) is 3.54. The topological polar surface area (TPSA) is 62.3 Å². The summed E-state index contributed by atoms with van der Waals surface area (Å²) in [6, 6.07) is 0.626. The minimum Gasteiger partial charge on any atom is -0.388 e. The Morgan fingerprint density at radius 2 is 2.17 bits per heavy atom. The Hall–Kier alpha value is -0.610. The van der Waals surface area contributed by atoms with Crippen molar-refractivity contribution in [1.29, 1.82) is 5.41 Å². The predicted molar refractivity (Wildman–Crippen MR) is 74.0 cm³/mol. The van der Waals surface area contributed by atoms with Gasteiger partial charge in [-0.25, -0.2) is 0 Å². The van der Waals surface area contributed by atoms with Crippen LogP contribution in [0.2, 0.25) is 0 Å². The molecule has 0 amide bonds. The molecule has 0 radical (unpaired) electrons. The molecule has 104 valence electrons. The molecule has 2 rings (SSSR count). The number of nitrogens with zero attached hydrogens (tertiary/aromatic N) is 1. The van der Waals surface area contributed by atoms with Gasteiger partial charge in [-0.2, -0.15) is 0 Å². The van der Waals surface area contributed by atoms with Crippen molar-refractivity contribution in [3.63, 3.8) is 0 Å². The monoisotopic (exact) mass is 253 g/mol. The molecule has 1 aliphatic heterocycles. The fourth-order valence-corrected chi connectivity index (χ4v) is 3.54. The number of rotatable bonds is 5. The second-order valence-corrected chi connectivity index (χ2v) is 5.79. The Morgan fingerprint density at radius 3 is 2.78 bits per heavy atom. The van der Waals surface area contributed by atoms with Gasteiger partial charge < -0.3 is 15.4 Å². The summed E-state index contributed by atoms with van der Waals surface area (Å²) in [5.41, 5.74) is 5.66. The van der Waals surface area contributed by atoms with Gasteiger partial charge in [0.1, 0.15) is 0 Å². The van der Waals surface area contributed by atoms with Crippen LogP contribution in [0.1, 0.15) is 51.9 Å². The maximum atomic E-state index is 7.36.